The summed E-state index contributed by atoms with van der Waals surface area (Å²) >= 11 is 5.87. The van der Waals surface area contributed by atoms with Gasteiger partial charge in [0.25, 0.3) is 0 Å². The van der Waals surface area contributed by atoms with Crippen LogP contribution in [0.3, 0.4) is 0 Å². The molecule has 100 valence electrons. The molecule has 0 aliphatic heterocycles. The van der Waals surface area contributed by atoms with E-state index in [1.807, 2.05) is 12.1 Å². The molecule has 19 heavy (non-hydrogen) atoms. The summed E-state index contributed by atoms with van der Waals surface area (Å²) in [6.45, 7) is 4.29. The zero-order valence-corrected chi connectivity index (χ0v) is 12.1. The molecular weight excluding hydrogens is 256 g/mol. The molecule has 0 bridgehead atoms. The van der Waals surface area contributed by atoms with Gasteiger partial charge in [0.05, 0.1) is 0 Å². The predicted octanol–water partition coefficient (Wildman–Crippen LogP) is 4.48. The lowest BCUT2D eigenvalue weighted by Crippen LogP contribution is -2.16. The van der Waals surface area contributed by atoms with Crippen LogP contribution in [0.4, 0.5) is 5.82 Å². The van der Waals surface area contributed by atoms with Crippen molar-refractivity contribution in [3.05, 3.63) is 58.7 Å². The molecule has 0 aliphatic carbocycles. The zero-order chi connectivity index (χ0) is 13.7. The van der Waals surface area contributed by atoms with Gasteiger partial charge in [0.2, 0.25) is 0 Å². The number of aromatic nitrogens is 1. The van der Waals surface area contributed by atoms with E-state index in [4.69, 9.17) is 11.6 Å². The molecule has 0 spiro atoms. The summed E-state index contributed by atoms with van der Waals surface area (Å²) in [5, 5.41) is 3.90. The molecule has 0 saturated heterocycles. The van der Waals surface area contributed by atoms with Crippen molar-refractivity contribution in [2.75, 3.05) is 5.32 Å². The monoisotopic (exact) mass is 274 g/mol. The second kappa shape index (κ2) is 6.58. The van der Waals surface area contributed by atoms with Crippen LogP contribution in [0.25, 0.3) is 0 Å². The summed E-state index contributed by atoms with van der Waals surface area (Å²) < 4.78 is 0. The molecule has 1 atom stereocenters. The standard InChI is InChI=1S/C16H19ClN2/c1-12-5-3-6-14(11-12)10-9-13(2)18-16-8-4-7-15(17)19-16/h3-8,11,13H,9-10H2,1-2H3,(H,18,19). The van der Waals surface area contributed by atoms with E-state index in [0.717, 1.165) is 18.7 Å². The third-order valence-corrected chi connectivity index (χ3v) is 3.27. The SMILES string of the molecule is Cc1cccc(CCC(C)Nc2cccc(Cl)n2)c1. The highest BCUT2D eigenvalue weighted by Crippen LogP contribution is 2.13. The molecule has 0 amide bonds. The maximum atomic E-state index is 5.87. The zero-order valence-electron chi connectivity index (χ0n) is 11.4. The first-order valence-electron chi connectivity index (χ1n) is 6.58. The Morgan fingerprint density at radius 3 is 2.74 bits per heavy atom. The van der Waals surface area contributed by atoms with Crippen molar-refractivity contribution in [3.63, 3.8) is 0 Å². The minimum atomic E-state index is 0.367. The van der Waals surface area contributed by atoms with Crippen LogP contribution in [0, 0.1) is 6.92 Å². The van der Waals surface area contributed by atoms with E-state index < -0.39 is 0 Å². The number of pyridine rings is 1. The Hall–Kier alpha value is -1.54. The number of nitrogens with one attached hydrogen (secondary N) is 1. The number of rotatable bonds is 5. The Labute approximate surface area is 119 Å². The van der Waals surface area contributed by atoms with Gasteiger partial charge < -0.3 is 5.32 Å². The first-order valence-corrected chi connectivity index (χ1v) is 6.96. The molecule has 1 aromatic carbocycles. The average molecular weight is 275 g/mol. The van der Waals surface area contributed by atoms with Gasteiger partial charge in [0, 0.05) is 6.04 Å². The predicted molar refractivity (Wildman–Crippen MR) is 81.8 cm³/mol. The highest BCUT2D eigenvalue weighted by Gasteiger charge is 2.04. The van der Waals surface area contributed by atoms with Gasteiger partial charge in [-0.25, -0.2) is 4.98 Å². The largest absolute Gasteiger partial charge is 0.368 e. The van der Waals surface area contributed by atoms with Crippen LogP contribution < -0.4 is 5.32 Å². The summed E-state index contributed by atoms with van der Waals surface area (Å²) in [5.74, 6) is 0.837. The second-order valence-corrected chi connectivity index (χ2v) is 5.31. The lowest BCUT2D eigenvalue weighted by molar-refractivity contribution is 0.703. The Morgan fingerprint density at radius 2 is 2.00 bits per heavy atom. The molecule has 1 heterocycles. The second-order valence-electron chi connectivity index (χ2n) is 4.92. The van der Waals surface area contributed by atoms with Crippen LogP contribution >= 0.6 is 11.6 Å². The summed E-state index contributed by atoms with van der Waals surface area (Å²) in [6, 6.07) is 14.7. The maximum Gasteiger partial charge on any atom is 0.131 e. The number of halogens is 1. The van der Waals surface area contributed by atoms with Gasteiger partial charge in [-0.15, -0.1) is 0 Å². The van der Waals surface area contributed by atoms with Crippen molar-refractivity contribution in [2.45, 2.75) is 32.7 Å². The molecule has 2 rings (SSSR count). The number of nitrogens with zero attached hydrogens (tertiary/aromatic N) is 1. The number of hydrogen-bond donors (Lipinski definition) is 1. The van der Waals surface area contributed by atoms with Crippen molar-refractivity contribution in [2.24, 2.45) is 0 Å². The van der Waals surface area contributed by atoms with Crippen LogP contribution in [0.1, 0.15) is 24.5 Å². The summed E-state index contributed by atoms with van der Waals surface area (Å²) in [7, 11) is 0. The number of hydrogen-bond acceptors (Lipinski definition) is 2. The van der Waals surface area contributed by atoms with Gasteiger partial charge in [-0.2, -0.15) is 0 Å². The van der Waals surface area contributed by atoms with Crippen LogP contribution in [-0.2, 0) is 6.42 Å². The number of anilines is 1. The normalized spacial score (nSPS) is 12.2. The minimum Gasteiger partial charge on any atom is -0.368 e. The molecule has 2 nitrogen and oxygen atoms in total. The lowest BCUT2D eigenvalue weighted by Gasteiger charge is -2.14. The van der Waals surface area contributed by atoms with Gasteiger partial charge in [-0.1, -0.05) is 47.5 Å². The van der Waals surface area contributed by atoms with E-state index in [0.29, 0.717) is 11.2 Å². The van der Waals surface area contributed by atoms with Crippen molar-refractivity contribution in [1.29, 1.82) is 0 Å². The fraction of sp³-hybridized carbons (Fsp3) is 0.312. The first kappa shape index (κ1) is 13.9. The molecule has 1 N–H and O–H groups in total. The van der Waals surface area contributed by atoms with Crippen LogP contribution in [0.5, 0.6) is 0 Å². The van der Waals surface area contributed by atoms with E-state index in [1.165, 1.54) is 11.1 Å². The van der Waals surface area contributed by atoms with Crippen molar-refractivity contribution in [1.82, 2.24) is 4.98 Å². The van der Waals surface area contributed by atoms with E-state index in [-0.39, 0.29) is 0 Å². The molecule has 0 saturated carbocycles. The van der Waals surface area contributed by atoms with Crippen LogP contribution in [-0.4, -0.2) is 11.0 Å². The van der Waals surface area contributed by atoms with Gasteiger partial charge in [0.15, 0.2) is 0 Å². The number of benzene rings is 1. The fourth-order valence-corrected chi connectivity index (χ4v) is 2.23. The molecule has 2 aromatic rings. The minimum absolute atomic E-state index is 0.367. The Kier molecular flexibility index (Phi) is 4.80. The average Bonchev–Trinajstić information content (AvgIpc) is 2.36. The van der Waals surface area contributed by atoms with Crippen molar-refractivity contribution in [3.8, 4) is 0 Å². The Balaban J connectivity index is 1.86. The maximum absolute atomic E-state index is 5.87. The highest BCUT2D eigenvalue weighted by atomic mass is 35.5. The van der Waals surface area contributed by atoms with E-state index in [9.17, 15) is 0 Å². The molecule has 1 aromatic heterocycles. The molecule has 0 radical (unpaired) electrons. The van der Waals surface area contributed by atoms with Crippen LogP contribution in [0.15, 0.2) is 42.5 Å². The van der Waals surface area contributed by atoms with E-state index in [1.54, 1.807) is 6.07 Å². The molecular formula is C16H19ClN2. The summed E-state index contributed by atoms with van der Waals surface area (Å²) in [4.78, 5) is 4.24. The van der Waals surface area contributed by atoms with Gasteiger partial charge in [-0.3, -0.25) is 0 Å². The van der Waals surface area contributed by atoms with Gasteiger partial charge in [0.1, 0.15) is 11.0 Å². The first-order chi connectivity index (χ1) is 9.13. The fourth-order valence-electron chi connectivity index (χ4n) is 2.06. The van der Waals surface area contributed by atoms with Crippen molar-refractivity contribution >= 4 is 17.4 Å². The van der Waals surface area contributed by atoms with Crippen LogP contribution in [0.2, 0.25) is 5.15 Å². The molecule has 3 heteroatoms. The highest BCUT2D eigenvalue weighted by molar-refractivity contribution is 6.29. The summed E-state index contributed by atoms with van der Waals surface area (Å²) in [6.07, 6.45) is 2.13. The lowest BCUT2D eigenvalue weighted by atomic mass is 10.0. The quantitative estimate of drug-likeness (QED) is 0.814. The molecule has 0 aliphatic rings. The Morgan fingerprint density at radius 1 is 1.21 bits per heavy atom. The topological polar surface area (TPSA) is 24.9 Å². The smallest absolute Gasteiger partial charge is 0.131 e. The van der Waals surface area contributed by atoms with E-state index >= 15 is 0 Å². The van der Waals surface area contributed by atoms with E-state index in [2.05, 4.69) is 48.4 Å². The summed E-state index contributed by atoms with van der Waals surface area (Å²) in [5.41, 5.74) is 2.70. The van der Waals surface area contributed by atoms with Gasteiger partial charge >= 0.3 is 0 Å². The van der Waals surface area contributed by atoms with Crippen molar-refractivity contribution < 1.29 is 0 Å². The molecule has 1 unspecified atom stereocenters. The molecule has 0 fully saturated rings. The van der Waals surface area contributed by atoms with Gasteiger partial charge in [-0.05, 0) is 44.4 Å². The Bertz CT molecular complexity index is 540. The third-order valence-electron chi connectivity index (χ3n) is 3.06. The number of aryl methyl sites for hydroxylation is 2. The third kappa shape index (κ3) is 4.56.